The standard InChI is InChI=1S/C32H40N4O2/c1-31(19-26-20-34-28-10-6-5-9-27(26)28,29(37)33-12-11-22-7-3-2-4-8-22)36-30(38)35-21-32-16-23-13-24(17-32)15-25(14-23)18-32/h2-10,20,23-25,34H,11-19,21H2,1H3,(H,33,37)(H2,35,36,38). The first-order chi connectivity index (χ1) is 18.4. The molecule has 2 aromatic carbocycles. The van der Waals surface area contributed by atoms with Crippen molar-refractivity contribution in [3.05, 3.63) is 71.9 Å². The Bertz CT molecular complexity index is 1260. The molecular formula is C32H40N4O2. The van der Waals surface area contributed by atoms with E-state index in [1.807, 2.05) is 49.5 Å². The molecule has 0 aliphatic heterocycles. The molecule has 4 bridgehead atoms. The number of carbonyl (C=O) groups excluding carboxylic acids is 2. The van der Waals surface area contributed by atoms with Crippen LogP contribution in [0.1, 0.15) is 56.6 Å². The van der Waals surface area contributed by atoms with Gasteiger partial charge in [-0.2, -0.15) is 0 Å². The lowest BCUT2D eigenvalue weighted by Crippen LogP contribution is -2.61. The topological polar surface area (TPSA) is 86.0 Å². The van der Waals surface area contributed by atoms with E-state index in [0.717, 1.165) is 40.6 Å². The minimum atomic E-state index is -1.09. The van der Waals surface area contributed by atoms with Crippen LogP contribution in [0.2, 0.25) is 0 Å². The monoisotopic (exact) mass is 512 g/mol. The minimum absolute atomic E-state index is 0.163. The summed E-state index contributed by atoms with van der Waals surface area (Å²) in [6, 6.07) is 18.0. The van der Waals surface area contributed by atoms with E-state index in [2.05, 4.69) is 39.1 Å². The van der Waals surface area contributed by atoms with Crippen LogP contribution in [0.5, 0.6) is 0 Å². The largest absolute Gasteiger partial charge is 0.361 e. The van der Waals surface area contributed by atoms with Crippen molar-refractivity contribution in [2.75, 3.05) is 13.1 Å². The smallest absolute Gasteiger partial charge is 0.315 e. The van der Waals surface area contributed by atoms with Crippen molar-refractivity contribution in [3.63, 3.8) is 0 Å². The molecule has 1 unspecified atom stereocenters. The summed E-state index contributed by atoms with van der Waals surface area (Å²) in [5.41, 5.74) is 2.38. The number of aromatic nitrogens is 1. The number of para-hydroxylation sites is 1. The van der Waals surface area contributed by atoms with Gasteiger partial charge in [-0.3, -0.25) is 4.79 Å². The molecule has 3 amide bonds. The molecule has 1 heterocycles. The third kappa shape index (κ3) is 5.18. The minimum Gasteiger partial charge on any atom is -0.361 e. The fourth-order valence-corrected chi connectivity index (χ4v) is 8.07. The highest BCUT2D eigenvalue weighted by Crippen LogP contribution is 2.59. The van der Waals surface area contributed by atoms with Gasteiger partial charge in [-0.25, -0.2) is 4.79 Å². The van der Waals surface area contributed by atoms with E-state index < -0.39 is 5.54 Å². The maximum atomic E-state index is 13.6. The van der Waals surface area contributed by atoms with Crippen LogP contribution in [0.4, 0.5) is 4.79 Å². The molecule has 1 atom stereocenters. The summed E-state index contributed by atoms with van der Waals surface area (Å²) in [4.78, 5) is 30.3. The molecule has 0 saturated heterocycles. The highest BCUT2D eigenvalue weighted by atomic mass is 16.2. The lowest BCUT2D eigenvalue weighted by Gasteiger charge is -2.56. The van der Waals surface area contributed by atoms with Crippen molar-refractivity contribution in [1.29, 1.82) is 0 Å². The van der Waals surface area contributed by atoms with Crippen LogP contribution in [0.3, 0.4) is 0 Å². The van der Waals surface area contributed by atoms with E-state index in [0.29, 0.717) is 19.5 Å². The predicted molar refractivity (Wildman–Crippen MR) is 151 cm³/mol. The number of H-pyrrole nitrogens is 1. The van der Waals surface area contributed by atoms with Crippen molar-refractivity contribution < 1.29 is 9.59 Å². The van der Waals surface area contributed by atoms with Crippen molar-refractivity contribution in [1.82, 2.24) is 20.9 Å². The Morgan fingerprint density at radius 1 is 0.921 bits per heavy atom. The van der Waals surface area contributed by atoms with Crippen LogP contribution in [-0.4, -0.2) is 35.6 Å². The van der Waals surface area contributed by atoms with Crippen molar-refractivity contribution in [3.8, 4) is 0 Å². The van der Waals surface area contributed by atoms with Crippen molar-refractivity contribution >= 4 is 22.8 Å². The first-order valence-electron chi connectivity index (χ1n) is 14.3. The molecule has 4 aliphatic carbocycles. The van der Waals surface area contributed by atoms with Gasteiger partial charge in [0, 0.05) is 36.6 Å². The summed E-state index contributed by atoms with van der Waals surface area (Å²) < 4.78 is 0. The average Bonchev–Trinajstić information content (AvgIpc) is 3.30. The van der Waals surface area contributed by atoms with Gasteiger partial charge in [0.05, 0.1) is 0 Å². The quantitative estimate of drug-likeness (QED) is 0.312. The van der Waals surface area contributed by atoms with E-state index in [4.69, 9.17) is 0 Å². The second kappa shape index (κ2) is 10.1. The molecular weight excluding hydrogens is 472 g/mol. The highest BCUT2D eigenvalue weighted by molar-refractivity contribution is 5.92. The van der Waals surface area contributed by atoms with Crippen LogP contribution in [0, 0.1) is 23.2 Å². The second-order valence-electron chi connectivity index (χ2n) is 12.6. The fraction of sp³-hybridized carbons (Fsp3) is 0.500. The van der Waals surface area contributed by atoms with Crippen molar-refractivity contribution in [2.24, 2.45) is 23.2 Å². The normalized spacial score (nSPS) is 27.1. The van der Waals surface area contributed by atoms with Crippen LogP contribution < -0.4 is 16.0 Å². The summed E-state index contributed by atoms with van der Waals surface area (Å²) in [6.07, 6.45) is 11.0. The van der Waals surface area contributed by atoms with Crippen LogP contribution in [0.15, 0.2) is 60.8 Å². The Labute approximate surface area is 225 Å². The predicted octanol–water partition coefficient (Wildman–Crippen LogP) is 5.34. The summed E-state index contributed by atoms with van der Waals surface area (Å²) in [7, 11) is 0. The number of carbonyl (C=O) groups is 2. The van der Waals surface area contributed by atoms with E-state index in [1.54, 1.807) is 0 Å². The molecule has 3 aromatic rings. The van der Waals surface area contributed by atoms with E-state index in [9.17, 15) is 9.59 Å². The van der Waals surface area contributed by atoms with Gasteiger partial charge in [0.15, 0.2) is 0 Å². The molecule has 6 nitrogen and oxygen atoms in total. The Kier molecular flexibility index (Phi) is 6.67. The number of benzene rings is 2. The zero-order valence-electron chi connectivity index (χ0n) is 22.4. The summed E-state index contributed by atoms with van der Waals surface area (Å²) in [5.74, 6) is 2.36. The van der Waals surface area contributed by atoms with Gasteiger partial charge in [-0.15, -0.1) is 0 Å². The molecule has 6 heteroatoms. The van der Waals surface area contributed by atoms with Gasteiger partial charge in [0.25, 0.3) is 0 Å². The zero-order valence-corrected chi connectivity index (χ0v) is 22.4. The summed E-state index contributed by atoms with van der Waals surface area (Å²) in [6.45, 7) is 3.07. The van der Waals surface area contributed by atoms with E-state index in [1.165, 1.54) is 44.1 Å². The number of urea groups is 1. The van der Waals surface area contributed by atoms with Gasteiger partial charge in [0.2, 0.25) is 5.91 Å². The van der Waals surface area contributed by atoms with Crippen LogP contribution in [0.25, 0.3) is 10.9 Å². The highest BCUT2D eigenvalue weighted by Gasteiger charge is 2.51. The Morgan fingerprint density at radius 2 is 1.58 bits per heavy atom. The number of fused-ring (bicyclic) bond motifs is 1. The molecule has 4 aliphatic rings. The maximum Gasteiger partial charge on any atom is 0.315 e. The van der Waals surface area contributed by atoms with Gasteiger partial charge in [0.1, 0.15) is 5.54 Å². The molecule has 0 radical (unpaired) electrons. The summed E-state index contributed by atoms with van der Waals surface area (Å²) in [5, 5.41) is 10.5. The van der Waals surface area contributed by atoms with Gasteiger partial charge >= 0.3 is 6.03 Å². The summed E-state index contributed by atoms with van der Waals surface area (Å²) >= 11 is 0. The molecule has 38 heavy (non-hydrogen) atoms. The van der Waals surface area contributed by atoms with Gasteiger partial charge in [-0.1, -0.05) is 48.5 Å². The Hall–Kier alpha value is -3.28. The molecule has 1 aromatic heterocycles. The first-order valence-corrected chi connectivity index (χ1v) is 14.3. The number of amides is 3. The Balaban J connectivity index is 1.14. The molecule has 7 rings (SSSR count). The SMILES string of the molecule is CC(Cc1c[nH]c2ccccc12)(NC(=O)NCC12CC3CC(CC(C3)C1)C2)C(=O)NCCc1ccccc1. The number of nitrogens with one attached hydrogen (secondary N) is 4. The van der Waals surface area contributed by atoms with E-state index in [-0.39, 0.29) is 17.4 Å². The lowest BCUT2D eigenvalue weighted by molar-refractivity contribution is -0.126. The number of aromatic amines is 1. The van der Waals surface area contributed by atoms with Crippen LogP contribution >= 0.6 is 0 Å². The zero-order chi connectivity index (χ0) is 26.2. The van der Waals surface area contributed by atoms with Crippen LogP contribution in [-0.2, 0) is 17.6 Å². The maximum absolute atomic E-state index is 13.6. The number of hydrogen-bond acceptors (Lipinski definition) is 2. The number of hydrogen-bond donors (Lipinski definition) is 4. The fourth-order valence-electron chi connectivity index (χ4n) is 8.07. The third-order valence-corrected chi connectivity index (χ3v) is 9.44. The lowest BCUT2D eigenvalue weighted by atomic mass is 9.49. The Morgan fingerprint density at radius 3 is 2.29 bits per heavy atom. The van der Waals surface area contributed by atoms with E-state index >= 15 is 0 Å². The molecule has 4 saturated carbocycles. The van der Waals surface area contributed by atoms with Crippen molar-refractivity contribution in [2.45, 2.75) is 63.8 Å². The molecule has 4 fully saturated rings. The van der Waals surface area contributed by atoms with Gasteiger partial charge < -0.3 is 20.9 Å². The molecule has 4 N–H and O–H groups in total. The third-order valence-electron chi connectivity index (χ3n) is 9.44. The first kappa shape index (κ1) is 25.0. The molecule has 200 valence electrons. The average molecular weight is 513 g/mol. The van der Waals surface area contributed by atoms with Gasteiger partial charge in [-0.05, 0) is 92.2 Å². The molecule has 0 spiro atoms. The number of rotatable bonds is 9. The second-order valence-corrected chi connectivity index (χ2v) is 12.6.